The first kappa shape index (κ1) is 15.1. The molecule has 0 saturated carbocycles. The van der Waals surface area contributed by atoms with Gasteiger partial charge in [0.25, 0.3) is 0 Å². The second-order valence-electron chi connectivity index (χ2n) is 4.70. The third kappa shape index (κ3) is 3.07. The van der Waals surface area contributed by atoms with Crippen LogP contribution in [0.25, 0.3) is 5.57 Å². The molecule has 1 aliphatic heterocycles. The van der Waals surface area contributed by atoms with Gasteiger partial charge in [-0.25, -0.2) is 4.79 Å². The molecule has 112 valence electrons. The Morgan fingerprint density at radius 1 is 1.24 bits per heavy atom. The van der Waals surface area contributed by atoms with Gasteiger partial charge in [-0.05, 0) is 36.6 Å². The number of nitrogens with zero attached hydrogens (tertiary/aromatic N) is 1. The second-order valence-corrected chi connectivity index (χ2v) is 4.70. The molecule has 0 radical (unpaired) electrons. The largest absolute Gasteiger partial charge is 0.497 e. The molecule has 0 spiro atoms. The number of carbonyl (C=O) groups excluding carboxylic acids is 2. The zero-order chi connectivity index (χ0) is 15.4. The summed E-state index contributed by atoms with van der Waals surface area (Å²) < 4.78 is 10.2. The van der Waals surface area contributed by atoms with E-state index in [1.54, 1.807) is 14.0 Å². The number of hydrogen-bond donors (Lipinski definition) is 0. The molecule has 1 aromatic rings. The zero-order valence-electron chi connectivity index (χ0n) is 12.5. The molecule has 5 nitrogen and oxygen atoms in total. The molecule has 1 aliphatic rings. The van der Waals surface area contributed by atoms with Gasteiger partial charge in [-0.3, -0.25) is 4.79 Å². The van der Waals surface area contributed by atoms with Crippen LogP contribution < -0.4 is 4.74 Å². The molecule has 0 aliphatic carbocycles. The lowest BCUT2D eigenvalue weighted by atomic mass is 10.0. The summed E-state index contributed by atoms with van der Waals surface area (Å²) in [6, 6.07) is 7.44. The molecule has 0 atom stereocenters. The number of methoxy groups -OCH3 is 1. The van der Waals surface area contributed by atoms with Crippen molar-refractivity contribution in [2.24, 2.45) is 0 Å². The van der Waals surface area contributed by atoms with Crippen LogP contribution in [0, 0.1) is 0 Å². The summed E-state index contributed by atoms with van der Waals surface area (Å²) in [7, 11) is 1.60. The smallest absolute Gasteiger partial charge is 0.355 e. The maximum absolute atomic E-state index is 12.2. The van der Waals surface area contributed by atoms with E-state index in [1.807, 2.05) is 24.3 Å². The van der Waals surface area contributed by atoms with Crippen molar-refractivity contribution >= 4 is 17.4 Å². The monoisotopic (exact) mass is 289 g/mol. The molecule has 0 saturated heterocycles. The minimum absolute atomic E-state index is 0.151. The number of carbonyl (C=O) groups is 2. The minimum atomic E-state index is -0.448. The number of amides is 1. The highest BCUT2D eigenvalue weighted by molar-refractivity contribution is 6.02. The molecule has 0 bridgehead atoms. The lowest BCUT2D eigenvalue weighted by Crippen LogP contribution is -2.30. The molecule has 0 unspecified atom stereocenters. The van der Waals surface area contributed by atoms with Gasteiger partial charge in [-0.15, -0.1) is 0 Å². The van der Waals surface area contributed by atoms with Crippen molar-refractivity contribution in [3.8, 4) is 5.75 Å². The minimum Gasteiger partial charge on any atom is -0.497 e. The van der Waals surface area contributed by atoms with E-state index in [0.717, 1.165) is 16.9 Å². The molecule has 1 amide bonds. The average molecular weight is 289 g/mol. The molecule has 21 heavy (non-hydrogen) atoms. The van der Waals surface area contributed by atoms with E-state index in [0.29, 0.717) is 18.7 Å². The zero-order valence-corrected chi connectivity index (χ0v) is 12.5. The summed E-state index contributed by atoms with van der Waals surface area (Å²) >= 11 is 0. The summed E-state index contributed by atoms with van der Waals surface area (Å²) in [4.78, 5) is 25.4. The fraction of sp³-hybridized carbons (Fsp3) is 0.375. The van der Waals surface area contributed by atoms with Crippen LogP contribution in [0.5, 0.6) is 5.75 Å². The molecule has 0 N–H and O–H groups in total. The number of esters is 1. The van der Waals surface area contributed by atoms with Crippen LogP contribution in [0.2, 0.25) is 0 Å². The van der Waals surface area contributed by atoms with Crippen LogP contribution in [0.15, 0.2) is 30.0 Å². The SMILES string of the molecule is CCOC(=O)C1=C(c2ccc(OC)cc2)CCN1C(C)=O. The van der Waals surface area contributed by atoms with Gasteiger partial charge in [-0.2, -0.15) is 0 Å². The van der Waals surface area contributed by atoms with E-state index in [1.165, 1.54) is 11.8 Å². The number of benzene rings is 1. The topological polar surface area (TPSA) is 55.8 Å². The van der Waals surface area contributed by atoms with Gasteiger partial charge >= 0.3 is 5.97 Å². The van der Waals surface area contributed by atoms with Crippen molar-refractivity contribution in [1.82, 2.24) is 4.90 Å². The Kier molecular flexibility index (Phi) is 4.62. The van der Waals surface area contributed by atoms with Crippen molar-refractivity contribution in [3.05, 3.63) is 35.5 Å². The predicted molar refractivity (Wildman–Crippen MR) is 78.6 cm³/mol. The lowest BCUT2D eigenvalue weighted by Gasteiger charge is -2.17. The Balaban J connectivity index is 2.43. The quantitative estimate of drug-likeness (QED) is 0.798. The third-order valence-electron chi connectivity index (χ3n) is 3.43. The van der Waals surface area contributed by atoms with Crippen LogP contribution in [0.3, 0.4) is 0 Å². The van der Waals surface area contributed by atoms with Gasteiger partial charge in [0.1, 0.15) is 11.4 Å². The van der Waals surface area contributed by atoms with Crippen molar-refractivity contribution in [2.75, 3.05) is 20.3 Å². The van der Waals surface area contributed by atoms with E-state index in [2.05, 4.69) is 0 Å². The molecular formula is C16H19NO4. The molecule has 5 heteroatoms. The average Bonchev–Trinajstić information content (AvgIpc) is 2.92. The highest BCUT2D eigenvalue weighted by atomic mass is 16.5. The Labute approximate surface area is 124 Å². The van der Waals surface area contributed by atoms with Crippen molar-refractivity contribution < 1.29 is 19.1 Å². The summed E-state index contributed by atoms with van der Waals surface area (Å²) in [5.41, 5.74) is 2.10. The Morgan fingerprint density at radius 2 is 1.90 bits per heavy atom. The first-order valence-corrected chi connectivity index (χ1v) is 6.91. The van der Waals surface area contributed by atoms with Crippen molar-refractivity contribution in [3.63, 3.8) is 0 Å². The van der Waals surface area contributed by atoms with Gasteiger partial charge in [0.2, 0.25) is 5.91 Å². The van der Waals surface area contributed by atoms with Crippen LogP contribution in [0.4, 0.5) is 0 Å². The van der Waals surface area contributed by atoms with E-state index in [4.69, 9.17) is 9.47 Å². The first-order valence-electron chi connectivity index (χ1n) is 6.91. The Morgan fingerprint density at radius 3 is 2.43 bits per heavy atom. The molecule has 2 rings (SSSR count). The predicted octanol–water partition coefficient (Wildman–Crippen LogP) is 2.22. The maximum Gasteiger partial charge on any atom is 0.355 e. The normalized spacial score (nSPS) is 14.3. The van der Waals surface area contributed by atoms with Crippen molar-refractivity contribution in [2.45, 2.75) is 20.3 Å². The second kappa shape index (κ2) is 6.43. The molecule has 1 aromatic carbocycles. The summed E-state index contributed by atoms with van der Waals surface area (Å²) in [6.45, 7) is 3.99. The summed E-state index contributed by atoms with van der Waals surface area (Å²) in [5.74, 6) is 0.149. The molecule has 1 heterocycles. The first-order chi connectivity index (χ1) is 10.1. The molecular weight excluding hydrogens is 270 g/mol. The van der Waals surface area contributed by atoms with E-state index < -0.39 is 5.97 Å². The van der Waals surface area contributed by atoms with E-state index >= 15 is 0 Å². The van der Waals surface area contributed by atoms with Gasteiger partial charge in [0.05, 0.1) is 13.7 Å². The highest BCUT2D eigenvalue weighted by Gasteiger charge is 2.32. The van der Waals surface area contributed by atoms with Crippen LogP contribution >= 0.6 is 0 Å². The number of hydrogen-bond acceptors (Lipinski definition) is 4. The highest BCUT2D eigenvalue weighted by Crippen LogP contribution is 2.33. The van der Waals surface area contributed by atoms with Crippen LogP contribution in [-0.4, -0.2) is 37.0 Å². The Bertz CT molecular complexity index is 574. The van der Waals surface area contributed by atoms with Crippen molar-refractivity contribution in [1.29, 1.82) is 0 Å². The van der Waals surface area contributed by atoms with Crippen LogP contribution in [-0.2, 0) is 14.3 Å². The molecule has 0 fully saturated rings. The van der Waals surface area contributed by atoms with Gasteiger partial charge in [-0.1, -0.05) is 12.1 Å². The van der Waals surface area contributed by atoms with Crippen LogP contribution in [0.1, 0.15) is 25.8 Å². The molecule has 0 aromatic heterocycles. The summed E-state index contributed by atoms with van der Waals surface area (Å²) in [6.07, 6.45) is 0.639. The van der Waals surface area contributed by atoms with E-state index in [-0.39, 0.29) is 12.5 Å². The van der Waals surface area contributed by atoms with Gasteiger partial charge in [0, 0.05) is 13.5 Å². The fourth-order valence-electron chi connectivity index (χ4n) is 2.44. The Hall–Kier alpha value is -2.30. The summed E-state index contributed by atoms with van der Waals surface area (Å²) in [5, 5.41) is 0. The maximum atomic E-state index is 12.2. The third-order valence-corrected chi connectivity index (χ3v) is 3.43. The number of ether oxygens (including phenoxy) is 2. The number of rotatable bonds is 4. The standard InChI is InChI=1S/C16H19NO4/c1-4-21-16(19)15-14(9-10-17(15)11(2)18)12-5-7-13(20-3)8-6-12/h5-8H,4,9-10H2,1-3H3. The van der Waals surface area contributed by atoms with E-state index in [9.17, 15) is 9.59 Å². The van der Waals surface area contributed by atoms with Gasteiger partial charge < -0.3 is 14.4 Å². The fourth-order valence-corrected chi connectivity index (χ4v) is 2.44. The lowest BCUT2D eigenvalue weighted by molar-refractivity contribution is -0.143. The van der Waals surface area contributed by atoms with Gasteiger partial charge in [0.15, 0.2) is 0 Å².